The number of esters is 1. The average Bonchev–Trinajstić information content (AvgIpc) is 2.89. The summed E-state index contributed by atoms with van der Waals surface area (Å²) in [5.74, 6) is -3.89. The summed E-state index contributed by atoms with van der Waals surface area (Å²) in [6.07, 6.45) is 0. The Labute approximate surface area is 209 Å². The van der Waals surface area contributed by atoms with Gasteiger partial charge in [0.2, 0.25) is 5.69 Å². The Morgan fingerprint density at radius 1 is 0.694 bits per heavy atom. The molecular formula is C31H23NO4. The molecule has 0 heterocycles. The van der Waals surface area contributed by atoms with Crippen LogP contribution in [-0.4, -0.2) is 17.0 Å². The van der Waals surface area contributed by atoms with E-state index in [9.17, 15) is 14.7 Å². The molecule has 0 amide bonds. The lowest BCUT2D eigenvalue weighted by Gasteiger charge is -2.49. The number of nitrogens with zero attached hydrogens (tertiary/aromatic N) is 1. The number of carbonyl (C=O) groups is 2. The first-order chi connectivity index (χ1) is 17.6. The predicted octanol–water partition coefficient (Wildman–Crippen LogP) is 6.71. The van der Waals surface area contributed by atoms with E-state index in [1.54, 1.807) is 12.1 Å². The first kappa shape index (κ1) is 23.1. The Morgan fingerprint density at radius 3 is 1.72 bits per heavy atom. The zero-order valence-electron chi connectivity index (χ0n) is 19.3. The Balaban J connectivity index is 1.54. The lowest BCUT2D eigenvalue weighted by molar-refractivity contribution is -0.158. The highest BCUT2D eigenvalue weighted by Crippen LogP contribution is 2.58. The lowest BCUT2D eigenvalue weighted by Crippen LogP contribution is -2.52. The summed E-state index contributed by atoms with van der Waals surface area (Å²) < 4.78 is 5.89. The standard InChI is InChI=1S/C31H23NO4/c1-32-24-18-17-23(20-11-5-2-6-12-20)19-25(24)36-31(35)29-26(21-13-7-3-8-14-21)28(30(33)34)27(29)22-15-9-4-10-16-22/h2-19,26-29H,(H,33,34)/t26-,27-,28?,29?/m0/s1. The normalized spacial score (nSPS) is 20.5. The van der Waals surface area contributed by atoms with Gasteiger partial charge in [-0.3, -0.25) is 9.59 Å². The van der Waals surface area contributed by atoms with Crippen molar-refractivity contribution in [1.29, 1.82) is 0 Å². The van der Waals surface area contributed by atoms with E-state index in [4.69, 9.17) is 11.3 Å². The number of carboxylic acids is 1. The van der Waals surface area contributed by atoms with Gasteiger partial charge in [0.05, 0.1) is 18.4 Å². The Hall–Kier alpha value is -4.69. The number of rotatable bonds is 6. The van der Waals surface area contributed by atoms with Crippen molar-refractivity contribution in [3.63, 3.8) is 0 Å². The molecule has 0 saturated heterocycles. The molecule has 4 aromatic carbocycles. The molecule has 0 unspecified atom stereocenters. The maximum Gasteiger partial charge on any atom is 0.314 e. The Morgan fingerprint density at radius 2 is 1.22 bits per heavy atom. The summed E-state index contributed by atoms with van der Waals surface area (Å²) in [6.45, 7) is 7.56. The van der Waals surface area contributed by atoms with E-state index in [1.165, 1.54) is 0 Å². The van der Waals surface area contributed by atoms with Crippen LogP contribution in [0.15, 0.2) is 109 Å². The summed E-state index contributed by atoms with van der Waals surface area (Å²) in [5, 5.41) is 10.1. The van der Waals surface area contributed by atoms with E-state index in [0.717, 1.165) is 22.3 Å². The molecule has 36 heavy (non-hydrogen) atoms. The molecule has 1 fully saturated rings. The van der Waals surface area contributed by atoms with Gasteiger partial charge in [-0.05, 0) is 28.3 Å². The van der Waals surface area contributed by atoms with Gasteiger partial charge in [-0.25, -0.2) is 4.85 Å². The molecule has 5 rings (SSSR count). The molecule has 2 atom stereocenters. The number of carbonyl (C=O) groups excluding carboxylic acids is 1. The van der Waals surface area contributed by atoms with Crippen molar-refractivity contribution in [2.45, 2.75) is 11.8 Å². The van der Waals surface area contributed by atoms with E-state index in [1.807, 2.05) is 97.1 Å². The summed E-state index contributed by atoms with van der Waals surface area (Å²) in [4.78, 5) is 29.7. The number of carboxylic acid groups (broad SMARTS) is 1. The fourth-order valence-corrected chi connectivity index (χ4v) is 5.20. The molecule has 0 aromatic heterocycles. The van der Waals surface area contributed by atoms with Crippen molar-refractivity contribution in [3.8, 4) is 16.9 Å². The SMILES string of the molecule is [C-]#[N+]c1ccc(-c2ccccc2)cc1OC(=O)C1[C@@H](c2ccccc2)C(C(=O)O)[C@@H]1c1ccccc1. The molecular weight excluding hydrogens is 450 g/mol. The second-order valence-electron chi connectivity index (χ2n) is 8.84. The van der Waals surface area contributed by atoms with Crippen LogP contribution in [0.25, 0.3) is 16.0 Å². The predicted molar refractivity (Wildman–Crippen MR) is 137 cm³/mol. The van der Waals surface area contributed by atoms with Crippen LogP contribution in [0.3, 0.4) is 0 Å². The third-order valence-electron chi connectivity index (χ3n) is 6.87. The van der Waals surface area contributed by atoms with Gasteiger partial charge in [-0.2, -0.15) is 0 Å². The van der Waals surface area contributed by atoms with E-state index < -0.39 is 35.6 Å². The zero-order chi connectivity index (χ0) is 25.1. The first-order valence-electron chi connectivity index (χ1n) is 11.7. The van der Waals surface area contributed by atoms with Gasteiger partial charge >= 0.3 is 11.9 Å². The molecule has 1 N–H and O–H groups in total. The van der Waals surface area contributed by atoms with Gasteiger partial charge in [0.25, 0.3) is 0 Å². The van der Waals surface area contributed by atoms with Crippen LogP contribution in [-0.2, 0) is 9.59 Å². The van der Waals surface area contributed by atoms with Crippen molar-refractivity contribution in [2.24, 2.45) is 11.8 Å². The van der Waals surface area contributed by atoms with E-state index in [-0.39, 0.29) is 11.4 Å². The minimum absolute atomic E-state index is 0.175. The molecule has 176 valence electrons. The highest BCUT2D eigenvalue weighted by atomic mass is 16.5. The van der Waals surface area contributed by atoms with Gasteiger partial charge in [0.15, 0.2) is 0 Å². The molecule has 5 nitrogen and oxygen atoms in total. The van der Waals surface area contributed by atoms with Gasteiger partial charge in [0.1, 0.15) is 5.75 Å². The number of ether oxygens (including phenoxy) is 1. The van der Waals surface area contributed by atoms with Gasteiger partial charge in [-0.1, -0.05) is 103 Å². The zero-order valence-corrected chi connectivity index (χ0v) is 19.3. The summed E-state index contributed by atoms with van der Waals surface area (Å²) in [7, 11) is 0. The van der Waals surface area contributed by atoms with Gasteiger partial charge in [-0.15, -0.1) is 0 Å². The van der Waals surface area contributed by atoms with Crippen molar-refractivity contribution in [3.05, 3.63) is 132 Å². The highest BCUT2D eigenvalue weighted by Gasteiger charge is 2.59. The van der Waals surface area contributed by atoms with Crippen molar-refractivity contribution in [2.75, 3.05) is 0 Å². The number of hydrogen-bond acceptors (Lipinski definition) is 3. The molecule has 0 radical (unpaired) electrons. The smallest absolute Gasteiger partial charge is 0.314 e. The summed E-state index contributed by atoms with van der Waals surface area (Å²) in [5.41, 5.74) is 3.54. The lowest BCUT2D eigenvalue weighted by atomic mass is 9.52. The maximum atomic E-state index is 13.7. The summed E-state index contributed by atoms with van der Waals surface area (Å²) in [6, 6.07) is 33.3. The minimum Gasteiger partial charge on any atom is -0.481 e. The van der Waals surface area contributed by atoms with Crippen molar-refractivity contribution >= 4 is 17.6 Å². The molecule has 0 aliphatic heterocycles. The third-order valence-corrected chi connectivity index (χ3v) is 6.87. The molecule has 1 aliphatic carbocycles. The molecule has 5 heteroatoms. The van der Waals surface area contributed by atoms with E-state index >= 15 is 0 Å². The van der Waals surface area contributed by atoms with Crippen LogP contribution < -0.4 is 4.74 Å². The van der Waals surface area contributed by atoms with Gasteiger partial charge < -0.3 is 9.84 Å². The number of aliphatic carboxylic acids is 1. The van der Waals surface area contributed by atoms with Crippen LogP contribution in [0, 0.1) is 18.4 Å². The fourth-order valence-electron chi connectivity index (χ4n) is 5.20. The molecule has 0 bridgehead atoms. The Bertz CT molecular complexity index is 1380. The van der Waals surface area contributed by atoms with Crippen molar-refractivity contribution < 1.29 is 19.4 Å². The quantitative estimate of drug-likeness (QED) is 0.192. The van der Waals surface area contributed by atoms with Crippen LogP contribution in [0.2, 0.25) is 0 Å². The second kappa shape index (κ2) is 9.89. The average molecular weight is 474 g/mol. The Kier molecular flexibility index (Phi) is 6.34. The van der Waals surface area contributed by atoms with Crippen molar-refractivity contribution in [1.82, 2.24) is 0 Å². The molecule has 1 saturated carbocycles. The third kappa shape index (κ3) is 4.25. The molecule has 4 aromatic rings. The number of hydrogen-bond donors (Lipinski definition) is 1. The van der Waals surface area contributed by atoms with E-state index in [0.29, 0.717) is 0 Å². The summed E-state index contributed by atoms with van der Waals surface area (Å²) >= 11 is 0. The van der Waals surface area contributed by atoms with Crippen LogP contribution >= 0.6 is 0 Å². The minimum atomic E-state index is -0.949. The largest absolute Gasteiger partial charge is 0.481 e. The second-order valence-corrected chi connectivity index (χ2v) is 8.84. The van der Waals surface area contributed by atoms with Crippen LogP contribution in [0.4, 0.5) is 5.69 Å². The topological polar surface area (TPSA) is 68.0 Å². The van der Waals surface area contributed by atoms with Gasteiger partial charge in [0, 0.05) is 11.8 Å². The maximum absolute atomic E-state index is 13.7. The molecule has 0 spiro atoms. The first-order valence-corrected chi connectivity index (χ1v) is 11.7. The number of benzene rings is 4. The van der Waals surface area contributed by atoms with Crippen LogP contribution in [0.5, 0.6) is 5.75 Å². The fraction of sp³-hybridized carbons (Fsp3) is 0.129. The van der Waals surface area contributed by atoms with E-state index in [2.05, 4.69) is 4.85 Å². The monoisotopic (exact) mass is 473 g/mol. The molecule has 1 aliphatic rings. The highest BCUT2D eigenvalue weighted by molar-refractivity contribution is 5.87. The van der Waals surface area contributed by atoms with Crippen LogP contribution in [0.1, 0.15) is 23.0 Å².